The van der Waals surface area contributed by atoms with Gasteiger partial charge in [-0.15, -0.1) is 0 Å². The minimum absolute atomic E-state index is 0.00732. The summed E-state index contributed by atoms with van der Waals surface area (Å²) in [7, 11) is 0. The highest BCUT2D eigenvalue weighted by molar-refractivity contribution is 5.99. The summed E-state index contributed by atoms with van der Waals surface area (Å²) in [6.45, 7) is 0.260. The van der Waals surface area contributed by atoms with Gasteiger partial charge in [0.05, 0.1) is 23.4 Å². The van der Waals surface area contributed by atoms with Gasteiger partial charge in [-0.3, -0.25) is 9.78 Å². The first kappa shape index (κ1) is 27.3. The number of nitrogens with zero attached hydrogens (tertiary/aromatic N) is 2. The van der Waals surface area contributed by atoms with Crippen LogP contribution in [0, 0.1) is 23.0 Å². The minimum Gasteiger partial charge on any atom is -0.492 e. The molecule has 208 valence electrons. The molecule has 11 heteroatoms. The zero-order valence-corrected chi connectivity index (χ0v) is 21.7. The molecule has 1 heterocycles. The lowest BCUT2D eigenvalue weighted by Gasteiger charge is -2.13. The van der Waals surface area contributed by atoms with Crippen LogP contribution in [-0.4, -0.2) is 29.6 Å². The molecule has 0 bridgehead atoms. The van der Waals surface area contributed by atoms with Gasteiger partial charge >= 0.3 is 6.03 Å². The molecule has 0 atom stereocenters. The zero-order valence-electron chi connectivity index (χ0n) is 21.7. The number of hydrogen-bond acceptors (Lipinski definition) is 6. The van der Waals surface area contributed by atoms with Crippen molar-refractivity contribution < 1.29 is 27.8 Å². The van der Waals surface area contributed by atoms with Gasteiger partial charge < -0.3 is 25.4 Å². The van der Waals surface area contributed by atoms with Gasteiger partial charge in [0.2, 0.25) is 5.91 Å². The Balaban J connectivity index is 1.24. The van der Waals surface area contributed by atoms with Crippen molar-refractivity contribution in [1.82, 2.24) is 10.3 Å². The van der Waals surface area contributed by atoms with E-state index in [9.17, 15) is 23.6 Å². The number of rotatable bonds is 10. The van der Waals surface area contributed by atoms with E-state index in [0.29, 0.717) is 47.0 Å². The molecule has 0 radical (unpaired) electrons. The molecule has 5 rings (SSSR count). The molecule has 0 saturated heterocycles. The van der Waals surface area contributed by atoms with Crippen molar-refractivity contribution in [1.29, 1.82) is 5.26 Å². The number of carbonyl (C=O) groups excluding carboxylic acids is 2. The Morgan fingerprint density at radius 3 is 2.54 bits per heavy atom. The number of benzene rings is 3. The van der Waals surface area contributed by atoms with E-state index in [1.54, 1.807) is 18.2 Å². The Kier molecular flexibility index (Phi) is 8.20. The van der Waals surface area contributed by atoms with Crippen molar-refractivity contribution in [3.05, 3.63) is 84.1 Å². The summed E-state index contributed by atoms with van der Waals surface area (Å²) in [6, 6.07) is 15.6. The Hall–Kier alpha value is -5.24. The number of urea groups is 1. The van der Waals surface area contributed by atoms with E-state index in [0.717, 1.165) is 18.9 Å². The number of amides is 3. The van der Waals surface area contributed by atoms with Crippen molar-refractivity contribution in [3.63, 3.8) is 0 Å². The third-order valence-corrected chi connectivity index (χ3v) is 6.19. The van der Waals surface area contributed by atoms with Gasteiger partial charge in [-0.2, -0.15) is 5.26 Å². The Bertz CT molecular complexity index is 1640. The maximum atomic E-state index is 14.8. The molecular weight excluding hydrogens is 532 g/mol. The van der Waals surface area contributed by atoms with E-state index in [1.165, 1.54) is 42.6 Å². The summed E-state index contributed by atoms with van der Waals surface area (Å²) < 4.78 is 39.5. The molecule has 1 aliphatic carbocycles. The Morgan fingerprint density at radius 2 is 1.80 bits per heavy atom. The van der Waals surface area contributed by atoms with Crippen molar-refractivity contribution in [3.8, 4) is 23.3 Å². The molecule has 1 aliphatic rings. The molecule has 1 fully saturated rings. The van der Waals surface area contributed by atoms with Crippen molar-refractivity contribution >= 4 is 34.2 Å². The summed E-state index contributed by atoms with van der Waals surface area (Å²) in [4.78, 5) is 28.4. The van der Waals surface area contributed by atoms with Gasteiger partial charge in [-0.1, -0.05) is 0 Å². The van der Waals surface area contributed by atoms with Gasteiger partial charge in [-0.05, 0) is 67.8 Å². The van der Waals surface area contributed by atoms with Gasteiger partial charge in [0.25, 0.3) is 0 Å². The number of hydrogen-bond donors (Lipinski definition) is 3. The quantitative estimate of drug-likeness (QED) is 0.198. The summed E-state index contributed by atoms with van der Waals surface area (Å²) in [5.41, 5.74) is 1.01. The first-order valence-electron chi connectivity index (χ1n) is 12.9. The highest BCUT2D eigenvalue weighted by atomic mass is 19.1. The van der Waals surface area contributed by atoms with Crippen LogP contribution in [0.3, 0.4) is 0 Å². The van der Waals surface area contributed by atoms with Crippen LogP contribution >= 0.6 is 0 Å². The second kappa shape index (κ2) is 12.3. The predicted molar refractivity (Wildman–Crippen MR) is 148 cm³/mol. The number of halogens is 2. The van der Waals surface area contributed by atoms with Gasteiger partial charge in [0, 0.05) is 41.9 Å². The average Bonchev–Trinajstić information content (AvgIpc) is 3.77. The lowest BCUT2D eigenvalue weighted by atomic mass is 10.1. The van der Waals surface area contributed by atoms with Gasteiger partial charge in [0.15, 0.2) is 0 Å². The van der Waals surface area contributed by atoms with E-state index < -0.39 is 17.7 Å². The van der Waals surface area contributed by atoms with E-state index in [-0.39, 0.29) is 29.5 Å². The lowest BCUT2D eigenvalue weighted by molar-refractivity contribution is -0.121. The summed E-state index contributed by atoms with van der Waals surface area (Å²) >= 11 is 0. The van der Waals surface area contributed by atoms with Crippen LogP contribution in [0.2, 0.25) is 0 Å². The molecule has 4 aromatic rings. The highest BCUT2D eigenvalue weighted by Gasteiger charge is 2.22. The van der Waals surface area contributed by atoms with Crippen molar-refractivity contribution in [2.45, 2.75) is 31.7 Å². The van der Waals surface area contributed by atoms with Crippen LogP contribution < -0.4 is 25.4 Å². The number of carbonyl (C=O) groups is 2. The molecule has 1 aromatic heterocycles. The van der Waals surface area contributed by atoms with E-state index in [4.69, 9.17) is 9.47 Å². The number of fused-ring (bicyclic) bond motifs is 1. The fourth-order valence-electron chi connectivity index (χ4n) is 3.99. The molecule has 1 saturated carbocycles. The molecule has 3 aromatic carbocycles. The van der Waals surface area contributed by atoms with Crippen LogP contribution in [0.1, 0.15) is 31.2 Å². The summed E-state index contributed by atoms with van der Waals surface area (Å²) in [5, 5.41) is 18.0. The fraction of sp³-hybridized carbons (Fsp3) is 0.200. The normalized spacial score (nSPS) is 12.3. The predicted octanol–water partition coefficient (Wildman–Crippen LogP) is 6.26. The van der Waals surface area contributed by atoms with Gasteiger partial charge in [0.1, 0.15) is 35.0 Å². The molecule has 3 N–H and O–H groups in total. The topological polar surface area (TPSA) is 125 Å². The molecule has 3 amide bonds. The smallest absolute Gasteiger partial charge is 0.323 e. The fourth-order valence-corrected chi connectivity index (χ4v) is 3.99. The van der Waals surface area contributed by atoms with Crippen LogP contribution in [0.15, 0.2) is 66.9 Å². The minimum atomic E-state index is -0.741. The van der Waals surface area contributed by atoms with E-state index >= 15 is 0 Å². The number of pyridine rings is 1. The first-order valence-corrected chi connectivity index (χ1v) is 12.9. The van der Waals surface area contributed by atoms with Crippen molar-refractivity contribution in [2.24, 2.45) is 0 Å². The van der Waals surface area contributed by atoms with Gasteiger partial charge in [-0.25, -0.2) is 13.6 Å². The second-order valence-corrected chi connectivity index (χ2v) is 9.41. The van der Waals surface area contributed by atoms with Crippen LogP contribution in [0.5, 0.6) is 17.2 Å². The third kappa shape index (κ3) is 7.24. The highest BCUT2D eigenvalue weighted by Crippen LogP contribution is 2.34. The number of anilines is 2. The molecule has 0 spiro atoms. The van der Waals surface area contributed by atoms with Crippen LogP contribution in [0.25, 0.3) is 10.9 Å². The summed E-state index contributed by atoms with van der Waals surface area (Å²) in [6.07, 6.45) is 4.41. The van der Waals surface area contributed by atoms with E-state index in [1.807, 2.05) is 0 Å². The Labute approximate surface area is 234 Å². The molecule has 0 aliphatic heterocycles. The second-order valence-electron chi connectivity index (χ2n) is 9.41. The average molecular weight is 558 g/mol. The first-order chi connectivity index (χ1) is 19.9. The molecule has 41 heavy (non-hydrogen) atoms. The maximum Gasteiger partial charge on any atom is 0.323 e. The number of aromatic nitrogens is 1. The number of nitriles is 1. The zero-order chi connectivity index (χ0) is 28.8. The number of nitrogens with one attached hydrogen (secondary N) is 3. The molecule has 0 unspecified atom stereocenters. The van der Waals surface area contributed by atoms with Crippen LogP contribution in [0.4, 0.5) is 25.0 Å². The SMILES string of the molecule is N#Cc1cc2c(Oc3ccc(NC(=O)Nc4ccc(F)cc4)c(F)c3)ccnc2cc1OCCCC(=O)NC1CC1. The maximum absolute atomic E-state index is 14.8. The van der Waals surface area contributed by atoms with E-state index in [2.05, 4.69) is 27.0 Å². The molecule has 9 nitrogen and oxygen atoms in total. The Morgan fingerprint density at radius 1 is 1.00 bits per heavy atom. The summed E-state index contributed by atoms with van der Waals surface area (Å²) in [5.74, 6) is -0.362. The number of ether oxygens (including phenoxy) is 2. The monoisotopic (exact) mass is 557 g/mol. The van der Waals surface area contributed by atoms with Crippen LogP contribution in [-0.2, 0) is 4.79 Å². The lowest BCUT2D eigenvalue weighted by Crippen LogP contribution is -2.25. The van der Waals surface area contributed by atoms with Crippen molar-refractivity contribution in [2.75, 3.05) is 17.2 Å². The molecular formula is C30H25F2N5O4. The largest absolute Gasteiger partial charge is 0.492 e. The third-order valence-electron chi connectivity index (χ3n) is 6.19. The standard InChI is InChI=1S/C30H25F2N5O4/c31-19-3-5-21(6-4-19)36-30(39)37-25-10-9-22(15-24(25)32)41-27-11-12-34-26-16-28(18(17-33)14-23(26)27)40-13-1-2-29(38)35-20-7-8-20/h3-6,9-12,14-16,20H,1-2,7-8,13H2,(H,35,38)(H2,36,37,39).